The van der Waals surface area contributed by atoms with Gasteiger partial charge in [-0.2, -0.15) is 4.98 Å². The summed E-state index contributed by atoms with van der Waals surface area (Å²) in [6, 6.07) is 4.55. The Bertz CT molecular complexity index is 618. The van der Waals surface area contributed by atoms with E-state index in [1.807, 2.05) is 0 Å². The van der Waals surface area contributed by atoms with Gasteiger partial charge >= 0.3 is 0 Å². The molecule has 1 saturated carbocycles. The van der Waals surface area contributed by atoms with E-state index in [4.69, 9.17) is 10.3 Å². The normalized spacial score (nSPS) is 22.4. The maximum absolute atomic E-state index is 13.5. The number of nitrogens with zero attached hydrogens (tertiary/aromatic N) is 2. The van der Waals surface area contributed by atoms with Crippen LogP contribution in [0.4, 0.5) is 10.1 Å². The Morgan fingerprint density at radius 1 is 1.29 bits per heavy atom. The zero-order valence-corrected chi connectivity index (χ0v) is 12.2. The predicted octanol–water partition coefficient (Wildman–Crippen LogP) is 4.14. The minimum atomic E-state index is -0.462. The van der Waals surface area contributed by atoms with Crippen molar-refractivity contribution in [2.75, 3.05) is 5.73 Å². The molecule has 21 heavy (non-hydrogen) atoms. The van der Waals surface area contributed by atoms with Gasteiger partial charge in [-0.05, 0) is 49.8 Å². The van der Waals surface area contributed by atoms with E-state index in [0.717, 1.165) is 24.6 Å². The lowest BCUT2D eigenvalue weighted by molar-refractivity contribution is 0.305. The molecule has 0 atom stereocenters. The van der Waals surface area contributed by atoms with E-state index in [-0.39, 0.29) is 5.69 Å². The maximum atomic E-state index is 13.5. The molecule has 0 unspecified atom stereocenters. The molecule has 4 nitrogen and oxygen atoms in total. The zero-order valence-electron chi connectivity index (χ0n) is 12.2. The van der Waals surface area contributed by atoms with Gasteiger partial charge in [0, 0.05) is 11.5 Å². The van der Waals surface area contributed by atoms with Crippen LogP contribution >= 0.6 is 0 Å². The molecule has 0 saturated heterocycles. The molecule has 5 heteroatoms. The molecule has 1 aromatic heterocycles. The Kier molecular flexibility index (Phi) is 3.90. The standard InChI is InChI=1S/C16H20FN3O/c1-2-10-3-5-11(6-4-10)15-19-16(21-20-15)12-7-8-14(18)13(17)9-12/h7-11H,2-6,18H2,1H3. The molecule has 1 fully saturated rings. The van der Waals surface area contributed by atoms with Crippen LogP contribution in [0.25, 0.3) is 11.5 Å². The summed E-state index contributed by atoms with van der Waals surface area (Å²) in [7, 11) is 0. The molecule has 0 amide bonds. The van der Waals surface area contributed by atoms with E-state index in [0.29, 0.717) is 17.4 Å². The van der Waals surface area contributed by atoms with Crippen LogP contribution in [0.2, 0.25) is 0 Å². The number of anilines is 1. The minimum Gasteiger partial charge on any atom is -0.396 e. The van der Waals surface area contributed by atoms with Crippen molar-refractivity contribution < 1.29 is 8.91 Å². The summed E-state index contributed by atoms with van der Waals surface area (Å²) in [5.41, 5.74) is 6.17. The first kappa shape index (κ1) is 14.0. The van der Waals surface area contributed by atoms with Gasteiger partial charge in [-0.1, -0.05) is 18.5 Å². The van der Waals surface area contributed by atoms with Crippen molar-refractivity contribution in [1.29, 1.82) is 0 Å². The monoisotopic (exact) mass is 289 g/mol. The third kappa shape index (κ3) is 2.91. The van der Waals surface area contributed by atoms with Gasteiger partial charge in [0.2, 0.25) is 0 Å². The molecule has 2 aromatic rings. The number of hydrogen-bond acceptors (Lipinski definition) is 4. The van der Waals surface area contributed by atoms with Gasteiger partial charge in [0.15, 0.2) is 5.82 Å². The average Bonchev–Trinajstić information content (AvgIpc) is 3.00. The molecule has 1 aromatic carbocycles. The van der Waals surface area contributed by atoms with Crippen molar-refractivity contribution >= 4 is 5.69 Å². The van der Waals surface area contributed by atoms with Gasteiger partial charge < -0.3 is 10.3 Å². The van der Waals surface area contributed by atoms with Crippen LogP contribution < -0.4 is 5.73 Å². The second kappa shape index (κ2) is 5.84. The highest BCUT2D eigenvalue weighted by molar-refractivity contribution is 5.57. The van der Waals surface area contributed by atoms with Crippen LogP contribution in [-0.4, -0.2) is 10.1 Å². The molecule has 1 aliphatic rings. The number of halogens is 1. The van der Waals surface area contributed by atoms with Crippen LogP contribution in [0.5, 0.6) is 0 Å². The van der Waals surface area contributed by atoms with Gasteiger partial charge in [-0.3, -0.25) is 0 Å². The van der Waals surface area contributed by atoms with E-state index < -0.39 is 5.82 Å². The van der Waals surface area contributed by atoms with Crippen LogP contribution in [0.1, 0.15) is 50.8 Å². The fourth-order valence-corrected chi connectivity index (χ4v) is 3.01. The predicted molar refractivity (Wildman–Crippen MR) is 79.1 cm³/mol. The number of nitrogen functional groups attached to an aromatic ring is 1. The summed E-state index contributed by atoms with van der Waals surface area (Å²) in [6.07, 6.45) is 5.90. The summed E-state index contributed by atoms with van der Waals surface area (Å²) >= 11 is 0. The quantitative estimate of drug-likeness (QED) is 0.862. The largest absolute Gasteiger partial charge is 0.396 e. The number of benzene rings is 1. The number of nitrogens with two attached hydrogens (primary N) is 1. The highest BCUT2D eigenvalue weighted by atomic mass is 19.1. The lowest BCUT2D eigenvalue weighted by Gasteiger charge is -2.25. The molecule has 3 rings (SSSR count). The number of hydrogen-bond donors (Lipinski definition) is 1. The Morgan fingerprint density at radius 2 is 2.05 bits per heavy atom. The van der Waals surface area contributed by atoms with Gasteiger partial charge in [0.1, 0.15) is 5.82 Å². The zero-order chi connectivity index (χ0) is 14.8. The second-order valence-corrected chi connectivity index (χ2v) is 5.82. The van der Waals surface area contributed by atoms with E-state index in [1.165, 1.54) is 31.4 Å². The topological polar surface area (TPSA) is 64.9 Å². The lowest BCUT2D eigenvalue weighted by Crippen LogP contribution is -2.13. The average molecular weight is 289 g/mol. The highest BCUT2D eigenvalue weighted by Crippen LogP contribution is 2.36. The highest BCUT2D eigenvalue weighted by Gasteiger charge is 2.25. The summed E-state index contributed by atoms with van der Waals surface area (Å²) in [4.78, 5) is 4.44. The van der Waals surface area contributed by atoms with Crippen molar-refractivity contribution in [2.24, 2.45) is 5.92 Å². The lowest BCUT2D eigenvalue weighted by atomic mass is 9.80. The van der Waals surface area contributed by atoms with Gasteiger partial charge in [0.25, 0.3) is 5.89 Å². The van der Waals surface area contributed by atoms with Crippen LogP contribution in [0, 0.1) is 11.7 Å². The summed E-state index contributed by atoms with van der Waals surface area (Å²) in [5, 5.41) is 4.08. The van der Waals surface area contributed by atoms with Gasteiger partial charge in [0.05, 0.1) is 5.69 Å². The molecule has 112 valence electrons. The van der Waals surface area contributed by atoms with Crippen LogP contribution in [0.15, 0.2) is 22.7 Å². The Balaban J connectivity index is 1.76. The first-order valence-corrected chi connectivity index (χ1v) is 7.56. The maximum Gasteiger partial charge on any atom is 0.258 e. The van der Waals surface area contributed by atoms with Crippen molar-refractivity contribution in [3.05, 3.63) is 29.8 Å². The molecular formula is C16H20FN3O. The Hall–Kier alpha value is -1.91. The summed E-state index contributed by atoms with van der Waals surface area (Å²) < 4.78 is 18.8. The van der Waals surface area contributed by atoms with E-state index >= 15 is 0 Å². The van der Waals surface area contributed by atoms with E-state index in [2.05, 4.69) is 17.1 Å². The molecule has 0 spiro atoms. The van der Waals surface area contributed by atoms with Crippen molar-refractivity contribution in [2.45, 2.75) is 44.9 Å². The SMILES string of the molecule is CCC1CCC(c2noc(-c3ccc(N)c(F)c3)n2)CC1. The van der Waals surface area contributed by atoms with Crippen molar-refractivity contribution in [1.82, 2.24) is 10.1 Å². The molecule has 0 aliphatic heterocycles. The molecule has 0 radical (unpaired) electrons. The molecule has 0 bridgehead atoms. The van der Waals surface area contributed by atoms with Gasteiger partial charge in [-0.25, -0.2) is 4.39 Å². The number of rotatable bonds is 3. The molecular weight excluding hydrogens is 269 g/mol. The fraction of sp³-hybridized carbons (Fsp3) is 0.500. The third-order valence-corrected chi connectivity index (χ3v) is 4.48. The molecule has 1 heterocycles. The first-order valence-electron chi connectivity index (χ1n) is 7.56. The summed E-state index contributed by atoms with van der Waals surface area (Å²) in [5.74, 6) is 1.84. The van der Waals surface area contributed by atoms with E-state index in [1.54, 1.807) is 6.07 Å². The smallest absolute Gasteiger partial charge is 0.258 e. The first-order chi connectivity index (χ1) is 10.2. The third-order valence-electron chi connectivity index (χ3n) is 4.48. The molecule has 1 aliphatic carbocycles. The van der Waals surface area contributed by atoms with Crippen LogP contribution in [-0.2, 0) is 0 Å². The summed E-state index contributed by atoms with van der Waals surface area (Å²) in [6.45, 7) is 2.24. The van der Waals surface area contributed by atoms with Gasteiger partial charge in [-0.15, -0.1) is 0 Å². The van der Waals surface area contributed by atoms with Crippen molar-refractivity contribution in [3.8, 4) is 11.5 Å². The Labute approximate surface area is 123 Å². The minimum absolute atomic E-state index is 0.122. The fourth-order valence-electron chi connectivity index (χ4n) is 3.01. The second-order valence-electron chi connectivity index (χ2n) is 5.82. The van der Waals surface area contributed by atoms with E-state index in [9.17, 15) is 4.39 Å². The van der Waals surface area contributed by atoms with Crippen molar-refractivity contribution in [3.63, 3.8) is 0 Å². The van der Waals surface area contributed by atoms with Crippen LogP contribution in [0.3, 0.4) is 0 Å². The number of aromatic nitrogens is 2. The molecule has 2 N–H and O–H groups in total. The Morgan fingerprint density at radius 3 is 2.71 bits per heavy atom.